The molecule has 14 heteroatoms. The largest absolute Gasteiger partial charge is 0.416 e. The van der Waals surface area contributed by atoms with Gasteiger partial charge in [-0.3, -0.25) is 9.59 Å². The Morgan fingerprint density at radius 3 is 2.42 bits per heavy atom. The minimum absolute atomic E-state index is 0.376. The van der Waals surface area contributed by atoms with Gasteiger partial charge >= 0.3 is 6.18 Å². The lowest BCUT2D eigenvalue weighted by molar-refractivity contribution is -0.158. The zero-order valence-electron chi connectivity index (χ0n) is 16.1. The third kappa shape index (κ3) is 5.71. The number of amides is 2. The molecule has 0 saturated heterocycles. The van der Waals surface area contributed by atoms with Crippen molar-refractivity contribution in [1.29, 1.82) is 0 Å². The zero-order valence-corrected chi connectivity index (χ0v) is 16.9. The summed E-state index contributed by atoms with van der Waals surface area (Å²) in [5.74, 6) is -2.07. The highest BCUT2D eigenvalue weighted by Gasteiger charge is 2.50. The molecule has 0 heterocycles. The quantitative estimate of drug-likeness (QED) is 0.296. The molecular formula is C17H22F3N3O7S. The lowest BCUT2D eigenvalue weighted by atomic mass is 9.78. The van der Waals surface area contributed by atoms with Gasteiger partial charge in [0.25, 0.3) is 5.91 Å². The highest BCUT2D eigenvalue weighted by Crippen LogP contribution is 2.32. The number of halogens is 3. The Balaban J connectivity index is 2.28. The molecule has 7 N–H and O–H groups in total. The van der Waals surface area contributed by atoms with Gasteiger partial charge in [-0.05, 0) is 25.1 Å². The highest BCUT2D eigenvalue weighted by atomic mass is 32.2. The summed E-state index contributed by atoms with van der Waals surface area (Å²) in [6.45, 7) is 1.23. The maximum Gasteiger partial charge on any atom is 0.416 e. The van der Waals surface area contributed by atoms with Crippen molar-refractivity contribution in [1.82, 2.24) is 10.0 Å². The summed E-state index contributed by atoms with van der Waals surface area (Å²) in [7, 11) is -4.65. The number of sulfonamides is 1. The molecule has 5 atom stereocenters. The number of alkyl halides is 3. The molecule has 31 heavy (non-hydrogen) atoms. The number of benzene rings is 1. The van der Waals surface area contributed by atoms with Crippen LogP contribution in [-0.2, 0) is 25.8 Å². The van der Waals surface area contributed by atoms with Crippen LogP contribution >= 0.6 is 0 Å². The molecule has 5 unspecified atom stereocenters. The second kappa shape index (κ2) is 8.70. The van der Waals surface area contributed by atoms with E-state index < -0.39 is 81.2 Å². The Morgan fingerprint density at radius 2 is 1.87 bits per heavy atom. The molecule has 0 radical (unpaired) electrons. The average molecular weight is 469 g/mol. The van der Waals surface area contributed by atoms with Crippen molar-refractivity contribution in [2.24, 2.45) is 5.73 Å². The molecule has 0 bridgehead atoms. The van der Waals surface area contributed by atoms with Gasteiger partial charge in [-0.15, -0.1) is 0 Å². The first-order valence-electron chi connectivity index (χ1n) is 8.95. The van der Waals surface area contributed by atoms with E-state index in [0.717, 1.165) is 12.1 Å². The predicted molar refractivity (Wildman–Crippen MR) is 98.6 cm³/mol. The van der Waals surface area contributed by atoms with Crippen LogP contribution in [0.2, 0.25) is 0 Å². The van der Waals surface area contributed by atoms with Gasteiger partial charge in [0.15, 0.2) is 0 Å². The van der Waals surface area contributed by atoms with E-state index in [4.69, 9.17) is 5.73 Å². The van der Waals surface area contributed by atoms with Gasteiger partial charge in [-0.1, -0.05) is 6.07 Å². The zero-order chi connectivity index (χ0) is 23.8. The predicted octanol–water partition coefficient (Wildman–Crippen LogP) is -1.41. The van der Waals surface area contributed by atoms with E-state index in [2.05, 4.69) is 5.32 Å². The standard InChI is InChI=1S/C17H22F3N3O7S/c1-8(14(21)26)22-15(27)16(28)6-11(13(25)12(24)7-16)23-31(29,30)10-4-2-3-9(5-10)17(18,19)20/h2-5,8,11-13,23-25,28H,6-7H2,1H3,(H2,21,26)(H,22,27). The first kappa shape index (κ1) is 25.0. The number of aliphatic hydroxyl groups excluding tert-OH is 2. The molecule has 1 aromatic carbocycles. The molecule has 1 aromatic rings. The van der Waals surface area contributed by atoms with Crippen LogP contribution in [-0.4, -0.2) is 65.4 Å². The van der Waals surface area contributed by atoms with E-state index in [1.807, 2.05) is 4.72 Å². The maximum absolute atomic E-state index is 12.9. The van der Waals surface area contributed by atoms with Crippen LogP contribution in [0.3, 0.4) is 0 Å². The fourth-order valence-electron chi connectivity index (χ4n) is 3.11. The molecule has 1 fully saturated rings. The minimum atomic E-state index is -4.80. The third-order valence-electron chi connectivity index (χ3n) is 4.89. The van der Waals surface area contributed by atoms with Crippen LogP contribution in [0.4, 0.5) is 13.2 Å². The van der Waals surface area contributed by atoms with Crippen molar-refractivity contribution in [3.63, 3.8) is 0 Å². The Labute approximate surface area is 175 Å². The molecule has 10 nitrogen and oxygen atoms in total. The van der Waals surface area contributed by atoms with Crippen LogP contribution in [0.1, 0.15) is 25.3 Å². The average Bonchev–Trinajstić information content (AvgIpc) is 2.64. The lowest BCUT2D eigenvalue weighted by Gasteiger charge is -2.41. The van der Waals surface area contributed by atoms with Crippen molar-refractivity contribution in [2.45, 2.75) is 60.7 Å². The summed E-state index contributed by atoms with van der Waals surface area (Å²) < 4.78 is 65.7. The van der Waals surface area contributed by atoms with Crippen LogP contribution in [0.5, 0.6) is 0 Å². The van der Waals surface area contributed by atoms with E-state index in [1.165, 1.54) is 6.92 Å². The van der Waals surface area contributed by atoms with Crippen molar-refractivity contribution < 1.29 is 46.5 Å². The molecule has 2 amide bonds. The number of aliphatic hydroxyl groups is 3. The van der Waals surface area contributed by atoms with E-state index in [9.17, 15) is 46.5 Å². The monoisotopic (exact) mass is 469 g/mol. The van der Waals surface area contributed by atoms with Gasteiger partial charge in [0, 0.05) is 12.8 Å². The fourth-order valence-corrected chi connectivity index (χ4v) is 4.41. The number of carbonyl (C=O) groups is 2. The Hall–Kier alpha value is -2.26. The van der Waals surface area contributed by atoms with Gasteiger partial charge in [0.05, 0.1) is 28.7 Å². The Bertz CT molecular complexity index is 957. The van der Waals surface area contributed by atoms with Gasteiger partial charge < -0.3 is 26.4 Å². The van der Waals surface area contributed by atoms with E-state index in [1.54, 1.807) is 0 Å². The topological polar surface area (TPSA) is 179 Å². The van der Waals surface area contributed by atoms with Gasteiger partial charge in [-0.2, -0.15) is 13.2 Å². The minimum Gasteiger partial charge on any atom is -0.390 e. The molecule has 2 rings (SSSR count). The summed E-state index contributed by atoms with van der Waals surface area (Å²) in [6.07, 6.45) is -9.76. The Morgan fingerprint density at radius 1 is 1.26 bits per heavy atom. The van der Waals surface area contributed by atoms with Gasteiger partial charge in [0.1, 0.15) is 11.6 Å². The summed E-state index contributed by atoms with van der Waals surface area (Å²) in [6, 6.07) is -0.0265. The molecular weight excluding hydrogens is 447 g/mol. The van der Waals surface area contributed by atoms with Gasteiger partial charge in [0.2, 0.25) is 15.9 Å². The number of primary amides is 1. The number of hydrogen-bond donors (Lipinski definition) is 6. The van der Waals surface area contributed by atoms with Crippen molar-refractivity contribution in [3.8, 4) is 0 Å². The summed E-state index contributed by atoms with van der Waals surface area (Å²) in [5, 5.41) is 32.9. The SMILES string of the molecule is CC(NC(=O)C1(O)CC(O)C(O)C(NS(=O)(=O)c2cccc(C(F)(F)F)c2)C1)C(N)=O. The van der Waals surface area contributed by atoms with Crippen LogP contribution in [0.15, 0.2) is 29.2 Å². The van der Waals surface area contributed by atoms with Crippen molar-refractivity contribution >= 4 is 21.8 Å². The van der Waals surface area contributed by atoms with Crippen molar-refractivity contribution in [3.05, 3.63) is 29.8 Å². The summed E-state index contributed by atoms with van der Waals surface area (Å²) in [5.41, 5.74) is 1.40. The van der Waals surface area contributed by atoms with Crippen LogP contribution in [0.25, 0.3) is 0 Å². The third-order valence-corrected chi connectivity index (χ3v) is 6.37. The van der Waals surface area contributed by atoms with Gasteiger partial charge in [-0.25, -0.2) is 13.1 Å². The first-order chi connectivity index (χ1) is 14.1. The smallest absolute Gasteiger partial charge is 0.390 e. The lowest BCUT2D eigenvalue weighted by Crippen LogP contribution is -2.64. The molecule has 174 valence electrons. The number of carbonyl (C=O) groups excluding carboxylic acids is 2. The first-order valence-corrected chi connectivity index (χ1v) is 10.4. The van der Waals surface area contributed by atoms with Crippen molar-refractivity contribution in [2.75, 3.05) is 0 Å². The number of nitrogens with two attached hydrogens (primary N) is 1. The molecule has 1 saturated carbocycles. The highest BCUT2D eigenvalue weighted by molar-refractivity contribution is 7.89. The van der Waals surface area contributed by atoms with E-state index in [0.29, 0.717) is 12.1 Å². The summed E-state index contributed by atoms with van der Waals surface area (Å²) in [4.78, 5) is 22.7. The van der Waals surface area contributed by atoms with Crippen LogP contribution in [0, 0.1) is 0 Å². The molecule has 1 aliphatic rings. The van der Waals surface area contributed by atoms with Crippen LogP contribution < -0.4 is 15.8 Å². The fraction of sp³-hybridized carbons (Fsp3) is 0.529. The van der Waals surface area contributed by atoms with E-state index in [-0.39, 0.29) is 0 Å². The molecule has 0 spiro atoms. The van der Waals surface area contributed by atoms with E-state index >= 15 is 0 Å². The number of rotatable bonds is 6. The number of hydrogen-bond acceptors (Lipinski definition) is 7. The second-order valence-corrected chi connectivity index (χ2v) is 9.06. The molecule has 1 aliphatic carbocycles. The molecule has 0 aliphatic heterocycles. The normalized spacial score (nSPS) is 28.0. The number of nitrogens with one attached hydrogen (secondary N) is 2. The summed E-state index contributed by atoms with van der Waals surface area (Å²) >= 11 is 0. The molecule has 0 aromatic heterocycles. The second-order valence-electron chi connectivity index (χ2n) is 7.35. The Kier molecular flexibility index (Phi) is 7.02. The maximum atomic E-state index is 12.9.